The Morgan fingerprint density at radius 1 is 1.08 bits per heavy atom. The van der Waals surface area contributed by atoms with Gasteiger partial charge in [-0.1, -0.05) is 12.1 Å². The SMILES string of the molecule is COc1ccc(N2CCOCC2)cc1Nc1ncc(Br)c(Nc2ccccc2S(=O)(=O)NC(C)C)n1. The van der Waals surface area contributed by atoms with Gasteiger partial charge in [-0.3, -0.25) is 0 Å². The van der Waals surface area contributed by atoms with E-state index in [-0.39, 0.29) is 10.9 Å². The summed E-state index contributed by atoms with van der Waals surface area (Å²) in [5, 5.41) is 6.36. The number of nitrogens with zero attached hydrogens (tertiary/aromatic N) is 3. The number of halogens is 1. The Morgan fingerprint density at radius 2 is 1.83 bits per heavy atom. The third kappa shape index (κ3) is 6.25. The molecule has 0 radical (unpaired) electrons. The molecule has 0 saturated carbocycles. The lowest BCUT2D eigenvalue weighted by Gasteiger charge is -2.29. The Balaban J connectivity index is 1.62. The second-order valence-electron chi connectivity index (χ2n) is 8.40. The molecular formula is C24H29BrN6O4S. The van der Waals surface area contributed by atoms with E-state index in [1.807, 2.05) is 18.2 Å². The maximum Gasteiger partial charge on any atom is 0.242 e. The van der Waals surface area contributed by atoms with Crippen LogP contribution in [0.2, 0.25) is 0 Å². The van der Waals surface area contributed by atoms with E-state index < -0.39 is 10.0 Å². The topological polar surface area (TPSA) is 118 Å². The van der Waals surface area contributed by atoms with Gasteiger partial charge in [0.05, 0.1) is 36.2 Å². The van der Waals surface area contributed by atoms with E-state index in [9.17, 15) is 8.42 Å². The third-order valence-corrected chi connectivity index (χ3v) is 7.67. The number of morpholine rings is 1. The van der Waals surface area contributed by atoms with Crippen molar-refractivity contribution in [1.82, 2.24) is 14.7 Å². The van der Waals surface area contributed by atoms with Crippen LogP contribution in [0.15, 0.2) is 58.0 Å². The van der Waals surface area contributed by atoms with Crippen molar-refractivity contribution in [3.8, 4) is 5.75 Å². The summed E-state index contributed by atoms with van der Waals surface area (Å²) in [6.45, 7) is 6.53. The van der Waals surface area contributed by atoms with Crippen LogP contribution in [0.3, 0.4) is 0 Å². The van der Waals surface area contributed by atoms with Crippen LogP contribution >= 0.6 is 15.9 Å². The number of anilines is 5. The molecule has 0 amide bonds. The second kappa shape index (κ2) is 11.4. The Labute approximate surface area is 219 Å². The minimum Gasteiger partial charge on any atom is -0.495 e. The maximum absolute atomic E-state index is 12.8. The number of rotatable bonds is 9. The van der Waals surface area contributed by atoms with E-state index in [4.69, 9.17) is 9.47 Å². The Bertz CT molecular complexity index is 1320. The molecule has 10 nitrogen and oxygen atoms in total. The lowest BCUT2D eigenvalue weighted by atomic mass is 10.2. The van der Waals surface area contributed by atoms with Gasteiger partial charge in [-0.05, 0) is 60.1 Å². The first-order chi connectivity index (χ1) is 17.3. The molecule has 192 valence electrons. The van der Waals surface area contributed by atoms with Gasteiger partial charge in [0.25, 0.3) is 0 Å². The zero-order valence-corrected chi connectivity index (χ0v) is 22.7. The molecule has 0 bridgehead atoms. The van der Waals surface area contributed by atoms with Gasteiger partial charge < -0.3 is 25.0 Å². The molecule has 1 aliphatic rings. The van der Waals surface area contributed by atoms with Crippen LogP contribution in [-0.2, 0) is 14.8 Å². The second-order valence-corrected chi connectivity index (χ2v) is 10.9. The largest absolute Gasteiger partial charge is 0.495 e. The smallest absolute Gasteiger partial charge is 0.242 e. The minimum atomic E-state index is -3.72. The van der Waals surface area contributed by atoms with Crippen LogP contribution in [-0.4, -0.2) is 57.8 Å². The standard InChI is InChI=1S/C24H29BrN6O4S/c1-16(2)30-36(32,33)22-7-5-4-6-19(22)27-23-18(25)15-26-24(29-23)28-20-14-17(8-9-21(20)34-3)31-10-12-35-13-11-31/h4-9,14-16,30H,10-13H2,1-3H3,(H2,26,27,28,29). The fourth-order valence-corrected chi connectivity index (χ4v) is 5.46. The van der Waals surface area contributed by atoms with Gasteiger partial charge in [-0.15, -0.1) is 0 Å². The monoisotopic (exact) mass is 576 g/mol. The first-order valence-electron chi connectivity index (χ1n) is 11.5. The molecule has 2 aromatic carbocycles. The van der Waals surface area contributed by atoms with Crippen LogP contribution in [0.25, 0.3) is 0 Å². The molecule has 0 aliphatic carbocycles. The summed E-state index contributed by atoms with van der Waals surface area (Å²) in [4.78, 5) is 11.3. The average molecular weight is 578 g/mol. The number of nitrogens with one attached hydrogen (secondary N) is 3. The number of aromatic nitrogens is 2. The molecule has 0 spiro atoms. The highest BCUT2D eigenvalue weighted by molar-refractivity contribution is 9.10. The number of hydrogen-bond donors (Lipinski definition) is 3. The highest BCUT2D eigenvalue weighted by atomic mass is 79.9. The Morgan fingerprint density at radius 3 is 2.56 bits per heavy atom. The molecular weight excluding hydrogens is 548 g/mol. The van der Waals surface area contributed by atoms with Crippen LogP contribution in [0.4, 0.5) is 28.8 Å². The summed E-state index contributed by atoms with van der Waals surface area (Å²) < 4.78 is 39.9. The fourth-order valence-electron chi connectivity index (χ4n) is 3.75. The third-order valence-electron chi connectivity index (χ3n) is 5.37. The number of sulfonamides is 1. The zero-order valence-electron chi connectivity index (χ0n) is 20.3. The molecule has 2 heterocycles. The summed E-state index contributed by atoms with van der Waals surface area (Å²) in [6, 6.07) is 12.3. The van der Waals surface area contributed by atoms with E-state index in [0.29, 0.717) is 46.6 Å². The van der Waals surface area contributed by atoms with Gasteiger partial charge in [0.1, 0.15) is 16.5 Å². The molecule has 12 heteroatoms. The predicted octanol–water partition coefficient (Wildman–Crippen LogP) is 4.26. The van der Waals surface area contributed by atoms with Crippen molar-refractivity contribution in [2.24, 2.45) is 0 Å². The van der Waals surface area contributed by atoms with E-state index in [2.05, 4.69) is 46.2 Å². The normalized spacial score (nSPS) is 14.1. The van der Waals surface area contributed by atoms with E-state index in [1.54, 1.807) is 51.4 Å². The fraction of sp³-hybridized carbons (Fsp3) is 0.333. The van der Waals surface area contributed by atoms with Crippen LogP contribution in [0.5, 0.6) is 5.75 Å². The van der Waals surface area contributed by atoms with E-state index >= 15 is 0 Å². The van der Waals surface area contributed by atoms with Crippen LogP contribution in [0.1, 0.15) is 13.8 Å². The number of hydrogen-bond acceptors (Lipinski definition) is 9. The first kappa shape index (κ1) is 26.1. The minimum absolute atomic E-state index is 0.124. The van der Waals surface area contributed by atoms with Gasteiger partial charge in [0.2, 0.25) is 16.0 Å². The highest BCUT2D eigenvalue weighted by Crippen LogP contribution is 2.33. The van der Waals surface area contributed by atoms with Crippen molar-refractivity contribution >= 4 is 54.8 Å². The van der Waals surface area contributed by atoms with Crippen molar-refractivity contribution in [2.45, 2.75) is 24.8 Å². The van der Waals surface area contributed by atoms with Crippen molar-refractivity contribution in [2.75, 3.05) is 48.9 Å². The molecule has 1 saturated heterocycles. The van der Waals surface area contributed by atoms with E-state index in [1.165, 1.54) is 0 Å². The lowest BCUT2D eigenvalue weighted by Crippen LogP contribution is -2.36. The van der Waals surface area contributed by atoms with Crippen LogP contribution in [0, 0.1) is 0 Å². The average Bonchev–Trinajstić information content (AvgIpc) is 2.86. The molecule has 1 fully saturated rings. The zero-order chi connectivity index (χ0) is 25.7. The van der Waals surface area contributed by atoms with Gasteiger partial charge in [0.15, 0.2) is 0 Å². The molecule has 3 aromatic rings. The van der Waals surface area contributed by atoms with Gasteiger partial charge >= 0.3 is 0 Å². The Kier molecular flexibility index (Phi) is 8.29. The number of para-hydroxylation sites is 1. The molecule has 4 rings (SSSR count). The molecule has 0 unspecified atom stereocenters. The lowest BCUT2D eigenvalue weighted by molar-refractivity contribution is 0.122. The van der Waals surface area contributed by atoms with Crippen molar-refractivity contribution in [3.05, 3.63) is 53.1 Å². The van der Waals surface area contributed by atoms with Crippen LogP contribution < -0.4 is 25.0 Å². The quantitative estimate of drug-likeness (QED) is 0.343. The van der Waals surface area contributed by atoms with Gasteiger partial charge in [0, 0.05) is 31.0 Å². The molecule has 1 aliphatic heterocycles. The van der Waals surface area contributed by atoms with Crippen molar-refractivity contribution in [1.29, 1.82) is 0 Å². The summed E-state index contributed by atoms with van der Waals surface area (Å²) in [5.74, 6) is 1.37. The molecule has 3 N–H and O–H groups in total. The van der Waals surface area contributed by atoms with Gasteiger partial charge in [-0.25, -0.2) is 18.1 Å². The summed E-state index contributed by atoms with van der Waals surface area (Å²) in [6.07, 6.45) is 1.60. The maximum atomic E-state index is 12.8. The van der Waals surface area contributed by atoms with Gasteiger partial charge in [-0.2, -0.15) is 4.98 Å². The first-order valence-corrected chi connectivity index (χ1v) is 13.7. The predicted molar refractivity (Wildman–Crippen MR) is 144 cm³/mol. The molecule has 0 atom stereocenters. The van der Waals surface area contributed by atoms with Crippen molar-refractivity contribution < 1.29 is 17.9 Å². The highest BCUT2D eigenvalue weighted by Gasteiger charge is 2.20. The van der Waals surface area contributed by atoms with E-state index in [0.717, 1.165) is 18.8 Å². The number of ether oxygens (including phenoxy) is 2. The number of methoxy groups -OCH3 is 1. The Hall–Kier alpha value is -2.93. The molecule has 36 heavy (non-hydrogen) atoms. The summed E-state index contributed by atoms with van der Waals surface area (Å²) in [7, 11) is -2.12. The summed E-state index contributed by atoms with van der Waals surface area (Å²) in [5.41, 5.74) is 2.13. The number of benzene rings is 2. The molecule has 1 aromatic heterocycles. The summed E-state index contributed by atoms with van der Waals surface area (Å²) >= 11 is 3.46. The van der Waals surface area contributed by atoms with Crippen molar-refractivity contribution in [3.63, 3.8) is 0 Å².